The standard InChI is InChI=1S/C22H22F3N3O4S/c1-15-5-4-10-27-13-17(26-20(15)27)14-32-21(29)16-8-11-28(12-9-16)33(30,31)19-7-3-2-6-18(19)22(23,24)25/h2-7,10,13,16H,8-9,11-12,14H2,1H3. The molecule has 0 aliphatic carbocycles. The Balaban J connectivity index is 1.38. The third-order valence-electron chi connectivity index (χ3n) is 5.69. The molecule has 0 spiro atoms. The maximum absolute atomic E-state index is 13.3. The predicted octanol–water partition coefficient (Wildman–Crippen LogP) is 3.81. The van der Waals surface area contributed by atoms with Crippen LogP contribution in [0.4, 0.5) is 13.2 Å². The number of pyridine rings is 1. The summed E-state index contributed by atoms with van der Waals surface area (Å²) in [5.41, 5.74) is 1.13. The highest BCUT2D eigenvalue weighted by Crippen LogP contribution is 2.36. The number of aryl methyl sites for hydroxylation is 1. The average molecular weight is 481 g/mol. The molecule has 33 heavy (non-hydrogen) atoms. The van der Waals surface area contributed by atoms with Gasteiger partial charge in [0, 0.05) is 25.5 Å². The molecule has 1 fully saturated rings. The number of carbonyl (C=O) groups excluding carboxylic acids is 1. The van der Waals surface area contributed by atoms with E-state index in [0.717, 1.165) is 33.7 Å². The highest BCUT2D eigenvalue weighted by atomic mass is 32.2. The van der Waals surface area contributed by atoms with E-state index in [9.17, 15) is 26.4 Å². The lowest BCUT2D eigenvalue weighted by Crippen LogP contribution is -2.41. The Morgan fingerprint density at radius 3 is 2.52 bits per heavy atom. The molecule has 3 aromatic rings. The van der Waals surface area contributed by atoms with Crippen molar-refractivity contribution in [3.8, 4) is 0 Å². The number of rotatable bonds is 5. The molecule has 2 aromatic heterocycles. The molecule has 0 saturated carbocycles. The number of fused-ring (bicyclic) bond motifs is 1. The SMILES string of the molecule is Cc1cccn2cc(COC(=O)C3CCN(S(=O)(=O)c4ccccc4C(F)(F)F)CC3)nc12. The molecule has 1 saturated heterocycles. The molecule has 0 amide bonds. The molecule has 7 nitrogen and oxygen atoms in total. The second-order valence-electron chi connectivity index (χ2n) is 7.93. The van der Waals surface area contributed by atoms with Gasteiger partial charge in [0.2, 0.25) is 10.0 Å². The van der Waals surface area contributed by atoms with Gasteiger partial charge in [-0.25, -0.2) is 13.4 Å². The Kier molecular flexibility index (Phi) is 6.19. The van der Waals surface area contributed by atoms with E-state index in [-0.39, 0.29) is 32.5 Å². The van der Waals surface area contributed by atoms with Crippen molar-refractivity contribution < 1.29 is 31.1 Å². The summed E-state index contributed by atoms with van der Waals surface area (Å²) in [5.74, 6) is -1.01. The van der Waals surface area contributed by atoms with E-state index >= 15 is 0 Å². The highest BCUT2D eigenvalue weighted by Gasteiger charge is 2.40. The molecule has 4 rings (SSSR count). The number of hydrogen-bond donors (Lipinski definition) is 0. The number of esters is 1. The van der Waals surface area contributed by atoms with Gasteiger partial charge in [-0.3, -0.25) is 4.79 Å². The summed E-state index contributed by atoms with van der Waals surface area (Å²) in [6.45, 7) is 1.77. The molecule has 3 heterocycles. The van der Waals surface area contributed by atoms with Crippen molar-refractivity contribution in [2.45, 2.75) is 37.4 Å². The van der Waals surface area contributed by atoms with E-state index in [1.54, 1.807) is 6.20 Å². The van der Waals surface area contributed by atoms with E-state index in [1.807, 2.05) is 29.7 Å². The minimum absolute atomic E-state index is 0.0164. The van der Waals surface area contributed by atoms with Crippen LogP contribution in [0.2, 0.25) is 0 Å². The van der Waals surface area contributed by atoms with Gasteiger partial charge in [-0.05, 0) is 43.5 Å². The quantitative estimate of drug-likeness (QED) is 0.518. The fraction of sp³-hybridized carbons (Fsp3) is 0.364. The topological polar surface area (TPSA) is 81.0 Å². The first-order valence-electron chi connectivity index (χ1n) is 10.3. The van der Waals surface area contributed by atoms with Crippen molar-refractivity contribution >= 4 is 21.6 Å². The predicted molar refractivity (Wildman–Crippen MR) is 113 cm³/mol. The van der Waals surface area contributed by atoms with Crippen LogP contribution in [0.5, 0.6) is 0 Å². The van der Waals surface area contributed by atoms with Crippen molar-refractivity contribution in [3.05, 3.63) is 65.6 Å². The molecule has 176 valence electrons. The highest BCUT2D eigenvalue weighted by molar-refractivity contribution is 7.89. The number of hydrogen-bond acceptors (Lipinski definition) is 5. The molecule has 0 atom stereocenters. The summed E-state index contributed by atoms with van der Waals surface area (Å²) in [6, 6.07) is 7.91. The van der Waals surface area contributed by atoms with Crippen LogP contribution in [0.15, 0.2) is 53.7 Å². The number of sulfonamides is 1. The fourth-order valence-electron chi connectivity index (χ4n) is 3.93. The summed E-state index contributed by atoms with van der Waals surface area (Å²) in [7, 11) is -4.35. The van der Waals surface area contributed by atoms with Gasteiger partial charge in [-0.15, -0.1) is 0 Å². The zero-order valence-electron chi connectivity index (χ0n) is 17.7. The van der Waals surface area contributed by atoms with Crippen LogP contribution in [-0.4, -0.2) is 41.2 Å². The zero-order valence-corrected chi connectivity index (χ0v) is 18.6. The van der Waals surface area contributed by atoms with Gasteiger partial charge in [-0.2, -0.15) is 17.5 Å². The number of imidazole rings is 1. The lowest BCUT2D eigenvalue weighted by molar-refractivity contribution is -0.151. The fourth-order valence-corrected chi connectivity index (χ4v) is 5.62. The zero-order chi connectivity index (χ0) is 23.8. The van der Waals surface area contributed by atoms with Crippen LogP contribution in [0.1, 0.15) is 29.7 Å². The largest absolute Gasteiger partial charge is 0.459 e. The summed E-state index contributed by atoms with van der Waals surface area (Å²) in [6.07, 6.45) is -0.855. The first-order chi connectivity index (χ1) is 15.6. The minimum atomic E-state index is -4.79. The normalized spacial score (nSPS) is 16.2. The van der Waals surface area contributed by atoms with Gasteiger partial charge in [0.25, 0.3) is 0 Å². The Bertz CT molecular complexity index is 1280. The molecule has 0 bridgehead atoms. The summed E-state index contributed by atoms with van der Waals surface area (Å²) >= 11 is 0. The number of benzene rings is 1. The summed E-state index contributed by atoms with van der Waals surface area (Å²) in [5, 5.41) is 0. The Hall–Kier alpha value is -2.92. The van der Waals surface area contributed by atoms with Crippen LogP contribution in [0.3, 0.4) is 0 Å². The van der Waals surface area contributed by atoms with Crippen molar-refractivity contribution in [1.29, 1.82) is 0 Å². The Labute approximate surface area is 188 Å². The molecule has 1 aromatic carbocycles. The van der Waals surface area contributed by atoms with Crippen LogP contribution in [-0.2, 0) is 32.3 Å². The number of halogens is 3. The number of nitrogens with zero attached hydrogens (tertiary/aromatic N) is 3. The van der Waals surface area contributed by atoms with Crippen molar-refractivity contribution in [2.24, 2.45) is 5.92 Å². The Morgan fingerprint density at radius 1 is 1.15 bits per heavy atom. The first-order valence-corrected chi connectivity index (χ1v) is 11.8. The maximum Gasteiger partial charge on any atom is 0.417 e. The number of alkyl halides is 3. The van der Waals surface area contributed by atoms with Crippen LogP contribution >= 0.6 is 0 Å². The number of aromatic nitrogens is 2. The monoisotopic (exact) mass is 481 g/mol. The van der Waals surface area contributed by atoms with Crippen molar-refractivity contribution in [3.63, 3.8) is 0 Å². The summed E-state index contributed by atoms with van der Waals surface area (Å²) in [4.78, 5) is 16.2. The maximum atomic E-state index is 13.3. The number of ether oxygens (including phenoxy) is 1. The van der Waals surface area contributed by atoms with Gasteiger partial charge in [0.05, 0.1) is 22.1 Å². The Morgan fingerprint density at radius 2 is 1.85 bits per heavy atom. The molecular weight excluding hydrogens is 459 g/mol. The number of carbonyl (C=O) groups is 1. The van der Waals surface area contributed by atoms with Crippen LogP contribution < -0.4 is 0 Å². The molecule has 0 N–H and O–H groups in total. The van der Waals surface area contributed by atoms with Crippen molar-refractivity contribution in [2.75, 3.05) is 13.1 Å². The molecule has 11 heteroatoms. The average Bonchev–Trinajstić information content (AvgIpc) is 3.21. The van der Waals surface area contributed by atoms with E-state index in [1.165, 1.54) is 6.07 Å². The second-order valence-corrected chi connectivity index (χ2v) is 9.84. The van der Waals surface area contributed by atoms with Crippen molar-refractivity contribution in [1.82, 2.24) is 13.7 Å². The van der Waals surface area contributed by atoms with Gasteiger partial charge in [0.15, 0.2) is 0 Å². The molecule has 1 aliphatic heterocycles. The lowest BCUT2D eigenvalue weighted by Gasteiger charge is -2.30. The smallest absolute Gasteiger partial charge is 0.417 e. The lowest BCUT2D eigenvalue weighted by atomic mass is 9.98. The number of piperidine rings is 1. The second kappa shape index (κ2) is 8.79. The van der Waals surface area contributed by atoms with E-state index in [2.05, 4.69) is 4.98 Å². The third-order valence-corrected chi connectivity index (χ3v) is 7.64. The first kappa shape index (κ1) is 23.2. The molecule has 0 unspecified atom stereocenters. The van der Waals surface area contributed by atoms with Gasteiger partial charge in [0.1, 0.15) is 12.3 Å². The molecule has 0 radical (unpaired) electrons. The van der Waals surface area contributed by atoms with E-state index in [4.69, 9.17) is 4.74 Å². The molecular formula is C22H22F3N3O4S. The van der Waals surface area contributed by atoms with Crippen LogP contribution in [0, 0.1) is 12.8 Å². The van der Waals surface area contributed by atoms with Gasteiger partial charge < -0.3 is 9.14 Å². The van der Waals surface area contributed by atoms with Crippen LogP contribution in [0.25, 0.3) is 5.65 Å². The van der Waals surface area contributed by atoms with Gasteiger partial charge in [-0.1, -0.05) is 18.2 Å². The molecule has 1 aliphatic rings. The van der Waals surface area contributed by atoms with E-state index < -0.39 is 38.5 Å². The van der Waals surface area contributed by atoms with Gasteiger partial charge >= 0.3 is 12.1 Å². The third kappa shape index (κ3) is 4.74. The summed E-state index contributed by atoms with van der Waals surface area (Å²) < 4.78 is 73.7. The van der Waals surface area contributed by atoms with E-state index in [0.29, 0.717) is 5.69 Å². The minimum Gasteiger partial charge on any atom is -0.459 e.